The van der Waals surface area contributed by atoms with E-state index in [0.29, 0.717) is 5.82 Å². The standard InChI is InChI=1S/C5H5Cl2N2OP/c6-11(7,10)9-5-3-1-2-4-8-5/h1-4H,(H,8,9,10). The monoisotopic (exact) mass is 210 g/mol. The van der Waals surface area contributed by atoms with Crippen molar-refractivity contribution in [1.82, 2.24) is 4.98 Å². The van der Waals surface area contributed by atoms with Crippen molar-refractivity contribution in [2.24, 2.45) is 0 Å². The molecule has 0 unspecified atom stereocenters. The van der Waals surface area contributed by atoms with Crippen LogP contribution in [0.25, 0.3) is 0 Å². The number of rotatable bonds is 2. The Morgan fingerprint density at radius 2 is 2.18 bits per heavy atom. The predicted octanol–water partition coefficient (Wildman–Crippen LogP) is 3.08. The lowest BCUT2D eigenvalue weighted by Gasteiger charge is -2.03. The first kappa shape index (κ1) is 8.85. The Bertz CT molecular complexity index is 273. The first-order chi connectivity index (χ1) is 5.08. The van der Waals surface area contributed by atoms with Crippen LogP contribution in [-0.4, -0.2) is 4.98 Å². The smallest absolute Gasteiger partial charge is 0.297 e. The zero-order valence-electron chi connectivity index (χ0n) is 5.37. The number of hydrogen-bond donors (Lipinski definition) is 1. The molecule has 1 rings (SSSR count). The van der Waals surface area contributed by atoms with Gasteiger partial charge in [0.25, 0.3) is 0 Å². The van der Waals surface area contributed by atoms with E-state index in [4.69, 9.17) is 22.5 Å². The van der Waals surface area contributed by atoms with Crippen LogP contribution in [-0.2, 0) is 4.57 Å². The number of aromatic nitrogens is 1. The van der Waals surface area contributed by atoms with E-state index in [1.165, 1.54) is 0 Å². The maximum absolute atomic E-state index is 10.8. The van der Waals surface area contributed by atoms with Gasteiger partial charge in [-0.15, -0.1) is 0 Å². The van der Waals surface area contributed by atoms with Crippen molar-refractivity contribution in [3.05, 3.63) is 24.4 Å². The lowest BCUT2D eigenvalue weighted by Crippen LogP contribution is -1.88. The summed E-state index contributed by atoms with van der Waals surface area (Å²) in [5, 5.41) is 2.36. The summed E-state index contributed by atoms with van der Waals surface area (Å²) >= 11 is 10.5. The molecule has 1 aromatic rings. The fourth-order valence-electron chi connectivity index (χ4n) is 0.562. The van der Waals surface area contributed by atoms with Crippen LogP contribution in [0, 0.1) is 0 Å². The van der Waals surface area contributed by atoms with Gasteiger partial charge in [-0.25, -0.2) is 4.98 Å². The van der Waals surface area contributed by atoms with Crippen LogP contribution >= 0.6 is 28.5 Å². The molecule has 0 aliphatic heterocycles. The van der Waals surface area contributed by atoms with E-state index in [9.17, 15) is 4.57 Å². The molecular weight excluding hydrogens is 206 g/mol. The van der Waals surface area contributed by atoms with Crippen LogP contribution < -0.4 is 5.09 Å². The molecule has 0 bridgehead atoms. The van der Waals surface area contributed by atoms with Gasteiger partial charge in [0, 0.05) is 6.20 Å². The van der Waals surface area contributed by atoms with E-state index in [1.54, 1.807) is 24.4 Å². The molecule has 3 nitrogen and oxygen atoms in total. The second-order valence-electron chi connectivity index (χ2n) is 1.79. The van der Waals surface area contributed by atoms with E-state index in [2.05, 4.69) is 10.1 Å². The third-order valence-corrected chi connectivity index (χ3v) is 1.91. The Labute approximate surface area is 73.7 Å². The van der Waals surface area contributed by atoms with Crippen LogP contribution in [0.15, 0.2) is 24.4 Å². The molecule has 0 atom stereocenters. The number of nitrogens with zero attached hydrogens (tertiary/aromatic N) is 1. The van der Waals surface area contributed by atoms with Gasteiger partial charge in [-0.1, -0.05) is 6.07 Å². The van der Waals surface area contributed by atoms with Gasteiger partial charge >= 0.3 is 6.00 Å². The maximum atomic E-state index is 10.8. The fourth-order valence-corrected chi connectivity index (χ4v) is 1.48. The largest absolute Gasteiger partial charge is 0.344 e. The Balaban J connectivity index is 2.74. The van der Waals surface area contributed by atoms with E-state index in [-0.39, 0.29) is 0 Å². The Hall–Kier alpha value is -0.240. The molecule has 0 spiro atoms. The van der Waals surface area contributed by atoms with E-state index in [0.717, 1.165) is 0 Å². The molecule has 0 fully saturated rings. The first-order valence-electron chi connectivity index (χ1n) is 2.76. The summed E-state index contributed by atoms with van der Waals surface area (Å²) in [4.78, 5) is 3.81. The molecule has 0 radical (unpaired) electrons. The molecule has 1 N–H and O–H groups in total. The van der Waals surface area contributed by atoms with Crippen LogP contribution in [0.5, 0.6) is 0 Å². The Morgan fingerprint density at radius 3 is 2.64 bits per heavy atom. The number of anilines is 1. The van der Waals surface area contributed by atoms with Crippen molar-refractivity contribution in [2.75, 3.05) is 5.09 Å². The highest BCUT2D eigenvalue weighted by molar-refractivity contribution is 8.09. The summed E-state index contributed by atoms with van der Waals surface area (Å²) in [6.45, 7) is 0. The van der Waals surface area contributed by atoms with Crippen molar-refractivity contribution in [3.63, 3.8) is 0 Å². The van der Waals surface area contributed by atoms with Gasteiger partial charge in [0.15, 0.2) is 0 Å². The third kappa shape index (κ3) is 3.61. The molecule has 11 heavy (non-hydrogen) atoms. The summed E-state index contributed by atoms with van der Waals surface area (Å²) in [6.07, 6.45) is 1.55. The topological polar surface area (TPSA) is 42.0 Å². The minimum absolute atomic E-state index is 0.404. The molecule has 0 saturated carbocycles. The molecule has 6 heteroatoms. The lowest BCUT2D eigenvalue weighted by atomic mass is 10.5. The lowest BCUT2D eigenvalue weighted by molar-refractivity contribution is 0.595. The fraction of sp³-hybridized carbons (Fsp3) is 0. The van der Waals surface area contributed by atoms with Crippen molar-refractivity contribution in [3.8, 4) is 0 Å². The van der Waals surface area contributed by atoms with E-state index >= 15 is 0 Å². The average Bonchev–Trinajstić information content (AvgIpc) is 1.85. The molecule has 0 aliphatic rings. The van der Waals surface area contributed by atoms with Crippen molar-refractivity contribution in [2.45, 2.75) is 0 Å². The minimum Gasteiger partial charge on any atom is -0.297 e. The molecule has 60 valence electrons. The molecule has 1 aromatic heterocycles. The Kier molecular flexibility index (Phi) is 2.77. The minimum atomic E-state index is -3.26. The van der Waals surface area contributed by atoms with Crippen LogP contribution in [0.3, 0.4) is 0 Å². The van der Waals surface area contributed by atoms with Gasteiger partial charge in [0.05, 0.1) is 0 Å². The first-order valence-corrected chi connectivity index (χ1v) is 6.28. The highest BCUT2D eigenvalue weighted by Crippen LogP contribution is 2.55. The van der Waals surface area contributed by atoms with Crippen molar-refractivity contribution in [1.29, 1.82) is 0 Å². The van der Waals surface area contributed by atoms with Gasteiger partial charge in [0.1, 0.15) is 5.82 Å². The average molecular weight is 211 g/mol. The number of pyridine rings is 1. The van der Waals surface area contributed by atoms with E-state index < -0.39 is 6.00 Å². The SMILES string of the molecule is O=P(Cl)(Cl)Nc1ccccn1. The molecule has 0 aliphatic carbocycles. The molecule has 0 aromatic carbocycles. The number of nitrogens with one attached hydrogen (secondary N) is 1. The quantitative estimate of drug-likeness (QED) is 0.764. The van der Waals surface area contributed by atoms with Crippen LogP contribution in [0.1, 0.15) is 0 Å². The molecule has 0 saturated heterocycles. The molecular formula is C5H5Cl2N2OP. The summed E-state index contributed by atoms with van der Waals surface area (Å²) in [7, 11) is 0. The zero-order valence-corrected chi connectivity index (χ0v) is 7.77. The Morgan fingerprint density at radius 1 is 1.45 bits per heavy atom. The normalized spacial score (nSPS) is 11.1. The molecule has 1 heterocycles. The van der Waals surface area contributed by atoms with E-state index in [1.807, 2.05) is 0 Å². The highest BCUT2D eigenvalue weighted by atomic mass is 35.9. The van der Waals surface area contributed by atoms with Crippen molar-refractivity contribution < 1.29 is 4.57 Å². The van der Waals surface area contributed by atoms with Crippen molar-refractivity contribution >= 4 is 34.3 Å². The highest BCUT2D eigenvalue weighted by Gasteiger charge is 2.12. The summed E-state index contributed by atoms with van der Waals surface area (Å²) in [5.41, 5.74) is 0. The predicted molar refractivity (Wildman–Crippen MR) is 47.2 cm³/mol. The molecule has 0 amide bonds. The van der Waals surface area contributed by atoms with Crippen LogP contribution in [0.2, 0.25) is 0 Å². The zero-order chi connectivity index (χ0) is 8.32. The second-order valence-corrected chi connectivity index (χ2v) is 6.31. The van der Waals surface area contributed by atoms with Gasteiger partial charge in [-0.2, -0.15) is 0 Å². The number of halogens is 2. The number of hydrogen-bond acceptors (Lipinski definition) is 2. The second kappa shape index (κ2) is 3.44. The summed E-state index contributed by atoms with van der Waals surface area (Å²) in [6, 6.07) is 5.09. The maximum Gasteiger partial charge on any atom is 0.344 e. The van der Waals surface area contributed by atoms with Gasteiger partial charge in [-0.05, 0) is 34.6 Å². The van der Waals surface area contributed by atoms with Gasteiger partial charge in [0.2, 0.25) is 0 Å². The van der Waals surface area contributed by atoms with Gasteiger partial charge in [-0.3, -0.25) is 9.65 Å². The van der Waals surface area contributed by atoms with Crippen LogP contribution in [0.4, 0.5) is 5.82 Å². The summed E-state index contributed by atoms with van der Waals surface area (Å²) < 4.78 is 10.8. The van der Waals surface area contributed by atoms with Gasteiger partial charge < -0.3 is 0 Å². The third-order valence-electron chi connectivity index (χ3n) is 0.910. The summed E-state index contributed by atoms with van der Waals surface area (Å²) in [5.74, 6) is -2.85.